The molecule has 0 bridgehead atoms. The Labute approximate surface area is 101 Å². The predicted octanol–water partition coefficient (Wildman–Crippen LogP) is 1.61. The molecule has 1 aliphatic rings. The summed E-state index contributed by atoms with van der Waals surface area (Å²) in [6, 6.07) is 4.53. The summed E-state index contributed by atoms with van der Waals surface area (Å²) in [5.74, 6) is 0. The first-order chi connectivity index (χ1) is 8.36. The lowest BCUT2D eigenvalue weighted by Gasteiger charge is -2.21. The summed E-state index contributed by atoms with van der Waals surface area (Å²) in [5, 5.41) is 3.52. The molecule has 0 radical (unpaired) electrons. The summed E-state index contributed by atoms with van der Waals surface area (Å²) in [6.07, 6.45) is 7.92. The van der Waals surface area contributed by atoms with E-state index in [0.29, 0.717) is 12.6 Å². The van der Waals surface area contributed by atoms with Gasteiger partial charge in [-0.15, -0.1) is 0 Å². The molecule has 1 fully saturated rings. The normalized spacial score (nSPS) is 20.9. The highest BCUT2D eigenvalue weighted by atomic mass is 15.0. The second kappa shape index (κ2) is 4.47. The van der Waals surface area contributed by atoms with Gasteiger partial charge in [0.25, 0.3) is 0 Å². The van der Waals surface area contributed by atoms with Crippen molar-refractivity contribution in [3.8, 4) is 0 Å². The Balaban J connectivity index is 1.95. The van der Waals surface area contributed by atoms with Gasteiger partial charge in [0.05, 0.1) is 11.7 Å². The highest BCUT2D eigenvalue weighted by Gasteiger charge is 2.17. The Morgan fingerprint density at radius 2 is 2.41 bits per heavy atom. The average Bonchev–Trinajstić information content (AvgIpc) is 2.82. The average molecular weight is 230 g/mol. The number of nitrogens with one attached hydrogen (secondary N) is 1. The predicted molar refractivity (Wildman–Crippen MR) is 67.7 cm³/mol. The van der Waals surface area contributed by atoms with Gasteiger partial charge in [0.15, 0.2) is 0 Å². The Bertz CT molecular complexity index is 511. The molecule has 0 aromatic carbocycles. The SMILES string of the molecule is NCc1ccn2cc(C3CCCCN3)nc2c1. The lowest BCUT2D eigenvalue weighted by atomic mass is 10.0. The summed E-state index contributed by atoms with van der Waals surface area (Å²) < 4.78 is 2.07. The third-order valence-corrected chi connectivity index (χ3v) is 3.45. The fraction of sp³-hybridized carbons (Fsp3) is 0.462. The second-order valence-corrected chi connectivity index (χ2v) is 4.67. The lowest BCUT2D eigenvalue weighted by Crippen LogP contribution is -2.26. The number of imidazole rings is 1. The van der Waals surface area contributed by atoms with Crippen LogP contribution in [0.5, 0.6) is 0 Å². The maximum Gasteiger partial charge on any atom is 0.137 e. The van der Waals surface area contributed by atoms with Gasteiger partial charge >= 0.3 is 0 Å². The largest absolute Gasteiger partial charge is 0.326 e. The third-order valence-electron chi connectivity index (χ3n) is 3.45. The molecule has 1 aliphatic heterocycles. The molecule has 90 valence electrons. The number of nitrogens with zero attached hydrogens (tertiary/aromatic N) is 2. The molecule has 1 saturated heterocycles. The van der Waals surface area contributed by atoms with E-state index in [2.05, 4.69) is 27.0 Å². The van der Waals surface area contributed by atoms with Crippen molar-refractivity contribution in [2.24, 2.45) is 5.73 Å². The van der Waals surface area contributed by atoms with Crippen molar-refractivity contribution in [2.45, 2.75) is 31.8 Å². The third kappa shape index (κ3) is 2.06. The zero-order valence-electron chi connectivity index (χ0n) is 9.89. The monoisotopic (exact) mass is 230 g/mol. The Morgan fingerprint density at radius 1 is 1.47 bits per heavy atom. The number of hydrogen-bond donors (Lipinski definition) is 2. The van der Waals surface area contributed by atoms with Crippen molar-refractivity contribution in [1.29, 1.82) is 0 Å². The van der Waals surface area contributed by atoms with Crippen LogP contribution in [-0.4, -0.2) is 15.9 Å². The maximum absolute atomic E-state index is 5.64. The van der Waals surface area contributed by atoms with Crippen molar-refractivity contribution in [2.75, 3.05) is 6.54 Å². The molecular formula is C13H18N4. The number of fused-ring (bicyclic) bond motifs is 1. The van der Waals surface area contributed by atoms with Gasteiger partial charge in [-0.2, -0.15) is 0 Å². The molecule has 0 spiro atoms. The zero-order chi connectivity index (χ0) is 11.7. The van der Waals surface area contributed by atoms with Gasteiger partial charge in [-0.1, -0.05) is 6.42 Å². The van der Waals surface area contributed by atoms with Crippen molar-refractivity contribution in [3.63, 3.8) is 0 Å². The van der Waals surface area contributed by atoms with Gasteiger partial charge in [0.1, 0.15) is 5.65 Å². The van der Waals surface area contributed by atoms with Crippen LogP contribution in [-0.2, 0) is 6.54 Å². The lowest BCUT2D eigenvalue weighted by molar-refractivity contribution is 0.406. The molecule has 1 unspecified atom stereocenters. The highest BCUT2D eigenvalue weighted by molar-refractivity contribution is 5.43. The molecule has 3 rings (SSSR count). The van der Waals surface area contributed by atoms with Crippen LogP contribution in [0.2, 0.25) is 0 Å². The molecule has 1 atom stereocenters. The van der Waals surface area contributed by atoms with E-state index in [1.807, 2.05) is 12.3 Å². The van der Waals surface area contributed by atoms with Gasteiger partial charge in [0, 0.05) is 18.9 Å². The molecule has 2 aromatic heterocycles. The minimum Gasteiger partial charge on any atom is -0.326 e. The minimum absolute atomic E-state index is 0.421. The topological polar surface area (TPSA) is 55.4 Å². The summed E-state index contributed by atoms with van der Waals surface area (Å²) in [7, 11) is 0. The van der Waals surface area contributed by atoms with E-state index in [1.54, 1.807) is 0 Å². The first-order valence-corrected chi connectivity index (χ1v) is 6.28. The zero-order valence-corrected chi connectivity index (χ0v) is 9.89. The van der Waals surface area contributed by atoms with Gasteiger partial charge in [-0.3, -0.25) is 0 Å². The van der Waals surface area contributed by atoms with Crippen LogP contribution in [0, 0.1) is 0 Å². The van der Waals surface area contributed by atoms with E-state index < -0.39 is 0 Å². The standard InChI is InChI=1S/C13H18N4/c14-8-10-4-6-17-9-12(16-13(17)7-10)11-3-1-2-5-15-11/h4,6-7,9,11,15H,1-3,5,8,14H2. The second-order valence-electron chi connectivity index (χ2n) is 4.67. The highest BCUT2D eigenvalue weighted by Crippen LogP contribution is 2.22. The van der Waals surface area contributed by atoms with Crippen LogP contribution >= 0.6 is 0 Å². The quantitative estimate of drug-likeness (QED) is 0.824. The fourth-order valence-corrected chi connectivity index (χ4v) is 2.44. The number of piperidine rings is 1. The first-order valence-electron chi connectivity index (χ1n) is 6.28. The van der Waals surface area contributed by atoms with Crippen LogP contribution < -0.4 is 11.1 Å². The summed E-state index contributed by atoms with van der Waals surface area (Å²) in [4.78, 5) is 4.69. The van der Waals surface area contributed by atoms with Crippen LogP contribution in [0.1, 0.15) is 36.6 Å². The molecule has 4 heteroatoms. The fourth-order valence-electron chi connectivity index (χ4n) is 2.44. The number of hydrogen-bond acceptors (Lipinski definition) is 3. The Hall–Kier alpha value is -1.39. The van der Waals surface area contributed by atoms with E-state index in [1.165, 1.54) is 19.3 Å². The maximum atomic E-state index is 5.64. The first kappa shape index (κ1) is 10.7. The molecular weight excluding hydrogens is 212 g/mol. The smallest absolute Gasteiger partial charge is 0.137 e. The molecule has 0 aliphatic carbocycles. The summed E-state index contributed by atoms with van der Waals surface area (Å²) in [5.41, 5.74) is 8.92. The van der Waals surface area contributed by atoms with E-state index in [4.69, 9.17) is 5.73 Å². The van der Waals surface area contributed by atoms with Crippen LogP contribution in [0.3, 0.4) is 0 Å². The van der Waals surface area contributed by atoms with Gasteiger partial charge in [-0.05, 0) is 37.1 Å². The summed E-state index contributed by atoms with van der Waals surface area (Å²) >= 11 is 0. The summed E-state index contributed by atoms with van der Waals surface area (Å²) in [6.45, 7) is 1.67. The molecule has 3 heterocycles. The van der Waals surface area contributed by atoms with Crippen molar-refractivity contribution in [1.82, 2.24) is 14.7 Å². The number of pyridine rings is 1. The van der Waals surface area contributed by atoms with E-state index >= 15 is 0 Å². The van der Waals surface area contributed by atoms with E-state index in [-0.39, 0.29) is 0 Å². The number of aromatic nitrogens is 2. The van der Waals surface area contributed by atoms with Crippen molar-refractivity contribution >= 4 is 5.65 Å². The Morgan fingerprint density at radius 3 is 3.18 bits per heavy atom. The van der Waals surface area contributed by atoms with Crippen LogP contribution in [0.15, 0.2) is 24.5 Å². The van der Waals surface area contributed by atoms with Crippen molar-refractivity contribution in [3.05, 3.63) is 35.8 Å². The van der Waals surface area contributed by atoms with Crippen LogP contribution in [0.25, 0.3) is 5.65 Å². The minimum atomic E-state index is 0.421. The number of nitrogens with two attached hydrogens (primary N) is 1. The van der Waals surface area contributed by atoms with Gasteiger partial charge in [-0.25, -0.2) is 4.98 Å². The van der Waals surface area contributed by atoms with Gasteiger partial charge in [0.2, 0.25) is 0 Å². The van der Waals surface area contributed by atoms with Crippen LogP contribution in [0.4, 0.5) is 0 Å². The molecule has 0 amide bonds. The van der Waals surface area contributed by atoms with E-state index in [9.17, 15) is 0 Å². The van der Waals surface area contributed by atoms with Crippen molar-refractivity contribution < 1.29 is 0 Å². The molecule has 0 saturated carbocycles. The molecule has 3 N–H and O–H groups in total. The van der Waals surface area contributed by atoms with E-state index in [0.717, 1.165) is 23.4 Å². The number of rotatable bonds is 2. The Kier molecular flexibility index (Phi) is 2.82. The molecule has 4 nitrogen and oxygen atoms in total. The van der Waals surface area contributed by atoms with Gasteiger partial charge < -0.3 is 15.5 Å². The molecule has 2 aromatic rings. The molecule has 17 heavy (non-hydrogen) atoms.